The van der Waals surface area contributed by atoms with Crippen LogP contribution in [0.5, 0.6) is 0 Å². The second-order valence-corrected chi connectivity index (χ2v) is 8.41. The van der Waals surface area contributed by atoms with E-state index in [2.05, 4.69) is 4.98 Å². The van der Waals surface area contributed by atoms with Gasteiger partial charge in [0.15, 0.2) is 5.13 Å². The van der Waals surface area contributed by atoms with E-state index < -0.39 is 23.7 Å². The second kappa shape index (κ2) is 7.85. The Morgan fingerprint density at radius 2 is 1.90 bits per heavy atom. The average Bonchev–Trinajstić information content (AvgIpc) is 3.47. The maximum Gasteiger partial charge on any atom is 0.350 e. The number of carbonyl (C=O) groups excluding carboxylic acids is 3. The fraction of sp³-hybridized carbons (Fsp3) is 0.143. The van der Waals surface area contributed by atoms with Gasteiger partial charge in [-0.2, -0.15) is 0 Å². The molecule has 1 aliphatic heterocycles. The zero-order valence-electron chi connectivity index (χ0n) is 16.0. The van der Waals surface area contributed by atoms with Crippen LogP contribution >= 0.6 is 22.7 Å². The van der Waals surface area contributed by atoms with Crippen molar-refractivity contribution >= 4 is 51.2 Å². The van der Waals surface area contributed by atoms with Gasteiger partial charge in [-0.3, -0.25) is 14.5 Å². The Hall–Kier alpha value is -3.30. The number of carbonyl (C=O) groups is 3. The molecule has 1 saturated heterocycles. The minimum atomic E-state index is -0.846. The zero-order valence-corrected chi connectivity index (χ0v) is 17.6. The smallest absolute Gasteiger partial charge is 0.350 e. The summed E-state index contributed by atoms with van der Waals surface area (Å²) in [6.45, 7) is 1.63. The van der Waals surface area contributed by atoms with Crippen molar-refractivity contribution < 1.29 is 24.2 Å². The molecular weight excluding hydrogens is 424 g/mol. The summed E-state index contributed by atoms with van der Waals surface area (Å²) in [5.74, 6) is -2.43. The Balaban J connectivity index is 1.90. The summed E-state index contributed by atoms with van der Waals surface area (Å²) in [5, 5.41) is 12.9. The van der Waals surface area contributed by atoms with Gasteiger partial charge in [-0.05, 0) is 18.4 Å². The lowest BCUT2D eigenvalue weighted by molar-refractivity contribution is -0.132. The van der Waals surface area contributed by atoms with Gasteiger partial charge in [-0.15, -0.1) is 11.3 Å². The number of hydrogen-bond acceptors (Lipinski definition) is 8. The van der Waals surface area contributed by atoms with E-state index in [1.807, 2.05) is 5.38 Å². The molecule has 1 atom stereocenters. The van der Waals surface area contributed by atoms with E-state index in [1.54, 1.807) is 49.4 Å². The van der Waals surface area contributed by atoms with Crippen LogP contribution in [0.3, 0.4) is 0 Å². The van der Waals surface area contributed by atoms with Crippen LogP contribution in [0.2, 0.25) is 0 Å². The molecule has 3 aromatic rings. The highest BCUT2D eigenvalue weighted by atomic mass is 32.1. The minimum absolute atomic E-state index is 0.0129. The van der Waals surface area contributed by atoms with Crippen molar-refractivity contribution in [1.29, 1.82) is 0 Å². The second-order valence-electron chi connectivity index (χ2n) is 6.45. The van der Waals surface area contributed by atoms with Crippen LogP contribution in [-0.2, 0) is 14.3 Å². The monoisotopic (exact) mass is 440 g/mol. The molecule has 9 heteroatoms. The highest BCUT2D eigenvalue weighted by Crippen LogP contribution is 2.45. The Bertz CT molecular complexity index is 1170. The van der Waals surface area contributed by atoms with Crippen LogP contribution < -0.4 is 4.90 Å². The minimum Gasteiger partial charge on any atom is -0.507 e. The lowest BCUT2D eigenvalue weighted by atomic mass is 10.00. The van der Waals surface area contributed by atoms with Gasteiger partial charge in [0.05, 0.1) is 18.4 Å². The topological polar surface area (TPSA) is 96.8 Å². The molecule has 1 aliphatic rings. The Morgan fingerprint density at radius 1 is 1.17 bits per heavy atom. The molecule has 2 aromatic heterocycles. The van der Waals surface area contributed by atoms with Crippen LogP contribution in [0, 0.1) is 6.92 Å². The highest BCUT2D eigenvalue weighted by molar-refractivity contribution is 7.18. The number of aliphatic hydroxyl groups is 1. The Labute approximate surface area is 179 Å². The summed E-state index contributed by atoms with van der Waals surface area (Å²) in [4.78, 5) is 44.5. The first-order valence-electron chi connectivity index (χ1n) is 8.89. The van der Waals surface area contributed by atoms with Crippen LogP contribution in [-0.4, -0.2) is 34.9 Å². The van der Waals surface area contributed by atoms with Crippen molar-refractivity contribution in [2.45, 2.75) is 13.0 Å². The number of amides is 1. The highest BCUT2D eigenvalue weighted by Gasteiger charge is 2.48. The van der Waals surface area contributed by atoms with Crippen LogP contribution in [0.25, 0.3) is 5.76 Å². The van der Waals surface area contributed by atoms with Crippen molar-refractivity contribution in [3.05, 3.63) is 74.4 Å². The third-order valence-corrected chi connectivity index (χ3v) is 6.73. The molecule has 0 radical (unpaired) electrons. The molecule has 1 N–H and O–H groups in total. The van der Waals surface area contributed by atoms with Gasteiger partial charge in [0.2, 0.25) is 0 Å². The Kier molecular flexibility index (Phi) is 5.23. The first-order chi connectivity index (χ1) is 14.4. The van der Waals surface area contributed by atoms with E-state index in [9.17, 15) is 19.5 Å². The first kappa shape index (κ1) is 20.0. The van der Waals surface area contributed by atoms with Gasteiger partial charge in [-0.25, -0.2) is 9.78 Å². The number of aliphatic hydroxyl groups excluding tert-OH is 1. The van der Waals surface area contributed by atoms with E-state index in [0.29, 0.717) is 16.1 Å². The summed E-state index contributed by atoms with van der Waals surface area (Å²) in [7, 11) is 1.26. The van der Waals surface area contributed by atoms with E-state index in [0.717, 1.165) is 11.3 Å². The van der Waals surface area contributed by atoms with Crippen molar-refractivity contribution in [2.75, 3.05) is 12.0 Å². The number of ether oxygens (including phenoxy) is 1. The molecule has 7 nitrogen and oxygen atoms in total. The molecule has 0 aliphatic carbocycles. The fourth-order valence-electron chi connectivity index (χ4n) is 3.26. The number of ketones is 1. The third kappa shape index (κ3) is 3.21. The normalized spacial score (nSPS) is 18.1. The molecule has 0 unspecified atom stereocenters. The maximum absolute atomic E-state index is 13.0. The number of thiophene rings is 1. The van der Waals surface area contributed by atoms with Crippen LogP contribution in [0.1, 0.15) is 31.8 Å². The molecule has 0 bridgehead atoms. The largest absolute Gasteiger partial charge is 0.507 e. The van der Waals surface area contributed by atoms with Gasteiger partial charge in [0, 0.05) is 10.4 Å². The van der Waals surface area contributed by atoms with E-state index in [-0.39, 0.29) is 21.3 Å². The number of benzene rings is 1. The summed E-state index contributed by atoms with van der Waals surface area (Å²) >= 11 is 2.33. The fourth-order valence-corrected chi connectivity index (χ4v) is 5.10. The number of methoxy groups -OCH3 is 1. The molecule has 152 valence electrons. The van der Waals surface area contributed by atoms with E-state index >= 15 is 0 Å². The lowest BCUT2D eigenvalue weighted by Gasteiger charge is -2.21. The SMILES string of the molecule is COC(=O)c1sc(N2C(=O)C(=O)C(=C(O)c3ccccc3)[C@@H]2c2cccs2)nc1C. The summed E-state index contributed by atoms with van der Waals surface area (Å²) in [5.41, 5.74) is 0.820. The molecular formula is C21H16N2O5S2. The molecule has 30 heavy (non-hydrogen) atoms. The molecule has 3 heterocycles. The first-order valence-corrected chi connectivity index (χ1v) is 10.6. The van der Waals surface area contributed by atoms with Gasteiger partial charge in [0.1, 0.15) is 16.7 Å². The number of hydrogen-bond donors (Lipinski definition) is 1. The van der Waals surface area contributed by atoms with Crippen LogP contribution in [0.4, 0.5) is 5.13 Å². The van der Waals surface area contributed by atoms with Gasteiger partial charge in [-0.1, -0.05) is 47.7 Å². The molecule has 0 spiro atoms. The predicted octanol–water partition coefficient (Wildman–Crippen LogP) is 3.93. The zero-order chi connectivity index (χ0) is 21.4. The summed E-state index contributed by atoms with van der Waals surface area (Å²) in [6, 6.07) is 11.3. The van der Waals surface area contributed by atoms with Crippen molar-refractivity contribution in [1.82, 2.24) is 4.98 Å². The number of Topliss-reactive ketones (excluding diaryl/α,β-unsaturated/α-hetero) is 1. The van der Waals surface area contributed by atoms with Crippen molar-refractivity contribution in [3.8, 4) is 0 Å². The average molecular weight is 441 g/mol. The molecule has 1 amide bonds. The Morgan fingerprint density at radius 3 is 2.53 bits per heavy atom. The van der Waals surface area contributed by atoms with Crippen molar-refractivity contribution in [3.63, 3.8) is 0 Å². The molecule has 4 rings (SSSR count). The quantitative estimate of drug-likeness (QED) is 0.286. The summed E-state index contributed by atoms with van der Waals surface area (Å²) < 4.78 is 4.77. The lowest BCUT2D eigenvalue weighted by Crippen LogP contribution is -2.29. The predicted molar refractivity (Wildman–Crippen MR) is 114 cm³/mol. The number of aryl methyl sites for hydroxylation is 1. The van der Waals surface area contributed by atoms with Gasteiger partial charge in [0.25, 0.3) is 5.78 Å². The summed E-state index contributed by atoms with van der Waals surface area (Å²) in [6.07, 6.45) is 0. The number of aromatic nitrogens is 1. The van der Waals surface area contributed by atoms with Gasteiger partial charge < -0.3 is 9.84 Å². The standard InChI is InChI=1S/C21H16N2O5S2/c1-11-18(20(27)28-2)30-21(22-11)23-15(13-9-6-10-29-13)14(17(25)19(23)26)16(24)12-7-4-3-5-8-12/h3-10,15,24H,1-2H3/t15-/m0/s1. The molecule has 1 aromatic carbocycles. The van der Waals surface area contributed by atoms with Gasteiger partial charge >= 0.3 is 11.9 Å². The maximum atomic E-state index is 13.0. The molecule has 1 fully saturated rings. The van der Waals surface area contributed by atoms with E-state index in [4.69, 9.17) is 4.74 Å². The number of thiazole rings is 1. The van der Waals surface area contributed by atoms with E-state index in [1.165, 1.54) is 23.3 Å². The number of nitrogens with zero attached hydrogens (tertiary/aromatic N) is 2. The third-order valence-electron chi connectivity index (χ3n) is 4.67. The number of rotatable bonds is 4. The number of anilines is 1. The van der Waals surface area contributed by atoms with Crippen molar-refractivity contribution in [2.24, 2.45) is 0 Å². The number of esters is 1. The van der Waals surface area contributed by atoms with Crippen LogP contribution in [0.15, 0.2) is 53.4 Å². The molecule has 0 saturated carbocycles.